The van der Waals surface area contributed by atoms with Gasteiger partial charge in [0.15, 0.2) is 0 Å². The van der Waals surface area contributed by atoms with Crippen LogP contribution in [0.3, 0.4) is 0 Å². The largest absolute Gasteiger partial charge is 0.333 e. The van der Waals surface area contributed by atoms with Crippen LogP contribution in [0.25, 0.3) is 11.8 Å². The number of urea groups is 1. The Morgan fingerprint density at radius 2 is 1.56 bits per heavy atom. The van der Waals surface area contributed by atoms with Crippen LogP contribution in [0.15, 0.2) is 65.2 Å². The zero-order chi connectivity index (χ0) is 23.2. The number of anilines is 1. The van der Waals surface area contributed by atoms with E-state index in [0.29, 0.717) is 10.7 Å². The number of nitrogens with one attached hydrogen (secondary N) is 1. The second-order valence-electron chi connectivity index (χ2n) is 7.31. The Morgan fingerprint density at radius 3 is 2.16 bits per heavy atom. The lowest BCUT2D eigenvalue weighted by Gasteiger charge is -2.11. The summed E-state index contributed by atoms with van der Waals surface area (Å²) >= 11 is 5.89. The van der Waals surface area contributed by atoms with Crippen LogP contribution in [0.2, 0.25) is 5.02 Å². The Bertz CT molecular complexity index is 1370. The zero-order valence-electron chi connectivity index (χ0n) is 17.2. The molecule has 164 valence electrons. The Balaban J connectivity index is 1.68. The normalized spacial score (nSPS) is 15.5. The lowest BCUT2D eigenvalue weighted by Crippen LogP contribution is -2.30. The molecule has 0 saturated carbocycles. The van der Waals surface area contributed by atoms with Gasteiger partial charge in [-0.15, -0.1) is 0 Å². The summed E-state index contributed by atoms with van der Waals surface area (Å²) in [7, 11) is -3.78. The molecule has 1 aliphatic heterocycles. The molecule has 4 rings (SSSR count). The molecule has 2 heterocycles. The van der Waals surface area contributed by atoms with Crippen molar-refractivity contribution in [3.8, 4) is 5.69 Å². The van der Waals surface area contributed by atoms with Crippen molar-refractivity contribution in [1.82, 2.24) is 9.88 Å². The summed E-state index contributed by atoms with van der Waals surface area (Å²) in [5, 5.41) is 8.28. The molecule has 1 aromatic heterocycles. The van der Waals surface area contributed by atoms with Gasteiger partial charge >= 0.3 is 6.03 Å². The van der Waals surface area contributed by atoms with E-state index in [4.69, 9.17) is 16.7 Å². The highest BCUT2D eigenvalue weighted by atomic mass is 35.5. The van der Waals surface area contributed by atoms with Gasteiger partial charge in [0.25, 0.3) is 5.91 Å². The minimum atomic E-state index is -3.78. The number of carbonyl (C=O) groups is 2. The molecule has 0 spiro atoms. The number of amides is 3. The van der Waals surface area contributed by atoms with Crippen molar-refractivity contribution >= 4 is 45.3 Å². The molecule has 0 bridgehead atoms. The highest BCUT2D eigenvalue weighted by molar-refractivity contribution is 7.89. The number of rotatable bonds is 4. The first-order chi connectivity index (χ1) is 15.1. The number of primary sulfonamides is 1. The van der Waals surface area contributed by atoms with Crippen LogP contribution in [-0.2, 0) is 14.8 Å². The molecule has 3 amide bonds. The molecule has 32 heavy (non-hydrogen) atoms. The molecule has 2 aromatic carbocycles. The third-order valence-corrected chi connectivity index (χ3v) is 6.34. The predicted octanol–water partition coefficient (Wildman–Crippen LogP) is 3.49. The summed E-state index contributed by atoms with van der Waals surface area (Å²) in [6.45, 7) is 3.75. The lowest BCUT2D eigenvalue weighted by atomic mass is 10.2. The smallest absolute Gasteiger partial charge is 0.318 e. The third-order valence-electron chi connectivity index (χ3n) is 5.16. The van der Waals surface area contributed by atoms with Crippen molar-refractivity contribution < 1.29 is 18.0 Å². The van der Waals surface area contributed by atoms with Gasteiger partial charge in [-0.1, -0.05) is 11.6 Å². The van der Waals surface area contributed by atoms with E-state index in [9.17, 15) is 18.0 Å². The number of nitrogens with two attached hydrogens (primary N) is 1. The number of halogens is 1. The maximum Gasteiger partial charge on any atom is 0.333 e. The van der Waals surface area contributed by atoms with Crippen LogP contribution in [0.4, 0.5) is 10.5 Å². The average Bonchev–Trinajstić information content (AvgIpc) is 3.17. The fourth-order valence-electron chi connectivity index (χ4n) is 3.63. The SMILES string of the molecule is Cc1cc(/C=C2\NC(=O)N(c3ccc(Cl)cc3)C2=O)c(C)n1-c1ccc(S(N)(=O)=O)cc1. The Kier molecular flexibility index (Phi) is 5.41. The van der Waals surface area contributed by atoms with Crippen LogP contribution in [-0.4, -0.2) is 24.9 Å². The highest BCUT2D eigenvalue weighted by Crippen LogP contribution is 2.27. The van der Waals surface area contributed by atoms with Gasteiger partial charge in [0, 0.05) is 22.1 Å². The molecule has 10 heteroatoms. The van der Waals surface area contributed by atoms with E-state index in [1.165, 1.54) is 12.1 Å². The maximum absolute atomic E-state index is 12.9. The minimum absolute atomic E-state index is 0.0209. The number of imide groups is 1. The number of aromatic nitrogens is 1. The standard InChI is InChI=1S/C22H19ClN4O4S/c1-13-11-15(14(2)26(13)17-7-9-19(10-8-17)32(24,30)31)12-20-21(28)27(22(29)25-20)18-5-3-16(23)4-6-18/h3-12H,1-2H3,(H,25,29)(H2,24,30,31)/b20-12-. The van der Waals surface area contributed by atoms with Gasteiger partial charge in [-0.3, -0.25) is 4.79 Å². The predicted molar refractivity (Wildman–Crippen MR) is 122 cm³/mol. The van der Waals surface area contributed by atoms with E-state index >= 15 is 0 Å². The van der Waals surface area contributed by atoms with Gasteiger partial charge in [-0.05, 0) is 80.1 Å². The van der Waals surface area contributed by atoms with Crippen molar-refractivity contribution in [3.05, 3.63) is 82.3 Å². The second kappa shape index (κ2) is 7.94. The van der Waals surface area contributed by atoms with Crippen molar-refractivity contribution in [3.63, 3.8) is 0 Å². The minimum Gasteiger partial charge on any atom is -0.318 e. The molecule has 3 aromatic rings. The lowest BCUT2D eigenvalue weighted by molar-refractivity contribution is -0.113. The second-order valence-corrected chi connectivity index (χ2v) is 9.30. The fourth-order valence-corrected chi connectivity index (χ4v) is 4.27. The molecule has 0 radical (unpaired) electrons. The van der Waals surface area contributed by atoms with E-state index in [2.05, 4.69) is 5.32 Å². The number of sulfonamides is 1. The first kappa shape index (κ1) is 21.8. The third kappa shape index (κ3) is 3.93. The van der Waals surface area contributed by atoms with Crippen molar-refractivity contribution in [2.75, 3.05) is 4.90 Å². The Hall–Kier alpha value is -3.40. The van der Waals surface area contributed by atoms with Crippen LogP contribution < -0.4 is 15.4 Å². The molecular formula is C22H19ClN4O4S. The zero-order valence-corrected chi connectivity index (χ0v) is 18.7. The maximum atomic E-state index is 12.9. The van der Waals surface area contributed by atoms with Crippen molar-refractivity contribution in [2.24, 2.45) is 5.14 Å². The summed E-state index contributed by atoms with van der Waals surface area (Å²) < 4.78 is 24.9. The van der Waals surface area contributed by atoms with E-state index < -0.39 is 22.0 Å². The summed E-state index contributed by atoms with van der Waals surface area (Å²) in [6.07, 6.45) is 1.62. The Morgan fingerprint density at radius 1 is 0.969 bits per heavy atom. The highest BCUT2D eigenvalue weighted by Gasteiger charge is 2.35. The topological polar surface area (TPSA) is 114 Å². The summed E-state index contributed by atoms with van der Waals surface area (Å²) in [6, 6.07) is 13.9. The van der Waals surface area contributed by atoms with E-state index in [-0.39, 0.29) is 10.6 Å². The van der Waals surface area contributed by atoms with Gasteiger partial charge in [0.2, 0.25) is 10.0 Å². The average molecular weight is 471 g/mol. The van der Waals surface area contributed by atoms with Gasteiger partial charge < -0.3 is 9.88 Å². The van der Waals surface area contributed by atoms with Gasteiger partial charge in [0.05, 0.1) is 10.6 Å². The van der Waals surface area contributed by atoms with E-state index in [0.717, 1.165) is 27.5 Å². The van der Waals surface area contributed by atoms with Crippen LogP contribution in [0, 0.1) is 13.8 Å². The molecular weight excluding hydrogens is 452 g/mol. The number of aryl methyl sites for hydroxylation is 1. The van der Waals surface area contributed by atoms with Crippen LogP contribution >= 0.6 is 11.6 Å². The van der Waals surface area contributed by atoms with Crippen molar-refractivity contribution in [2.45, 2.75) is 18.7 Å². The number of carbonyl (C=O) groups excluding carboxylic acids is 2. The van der Waals surface area contributed by atoms with Gasteiger partial charge in [-0.2, -0.15) is 0 Å². The molecule has 1 fully saturated rings. The number of benzene rings is 2. The Labute approximate surface area is 189 Å². The number of hydrogen-bond acceptors (Lipinski definition) is 4. The molecule has 3 N–H and O–H groups in total. The van der Waals surface area contributed by atoms with Gasteiger partial charge in [0.1, 0.15) is 5.70 Å². The number of hydrogen-bond donors (Lipinski definition) is 2. The summed E-state index contributed by atoms with van der Waals surface area (Å²) in [4.78, 5) is 26.4. The molecule has 1 aliphatic rings. The quantitative estimate of drug-likeness (QED) is 0.448. The molecule has 1 saturated heterocycles. The molecule has 0 aliphatic carbocycles. The van der Waals surface area contributed by atoms with E-state index in [1.807, 2.05) is 24.5 Å². The molecule has 8 nitrogen and oxygen atoms in total. The van der Waals surface area contributed by atoms with Crippen molar-refractivity contribution in [1.29, 1.82) is 0 Å². The number of nitrogens with zero attached hydrogens (tertiary/aromatic N) is 2. The van der Waals surface area contributed by atoms with Crippen LogP contribution in [0.5, 0.6) is 0 Å². The summed E-state index contributed by atoms with van der Waals surface area (Å²) in [5.74, 6) is -0.473. The molecule has 0 atom stereocenters. The van der Waals surface area contributed by atoms with Crippen LogP contribution in [0.1, 0.15) is 17.0 Å². The monoisotopic (exact) mass is 470 g/mol. The first-order valence-electron chi connectivity index (χ1n) is 9.51. The fraction of sp³-hybridized carbons (Fsp3) is 0.0909. The summed E-state index contributed by atoms with van der Waals surface area (Å²) in [5.41, 5.74) is 3.71. The van der Waals surface area contributed by atoms with E-state index in [1.54, 1.807) is 42.5 Å². The van der Waals surface area contributed by atoms with Gasteiger partial charge in [-0.25, -0.2) is 23.3 Å². The molecule has 0 unspecified atom stereocenters. The first-order valence-corrected chi connectivity index (χ1v) is 11.4.